The van der Waals surface area contributed by atoms with Gasteiger partial charge in [-0.3, -0.25) is 0 Å². The Morgan fingerprint density at radius 1 is 0.343 bits per heavy atom. The van der Waals surface area contributed by atoms with Crippen molar-refractivity contribution in [1.29, 1.82) is 0 Å². The Hall–Kier alpha value is -8.72. The Morgan fingerprint density at radius 3 is 1.64 bits per heavy atom. The van der Waals surface area contributed by atoms with E-state index in [9.17, 15) is 0 Å². The average Bonchev–Trinajstić information content (AvgIpc) is 3.99. The highest BCUT2D eigenvalue weighted by molar-refractivity contribution is 6.27. The molecule has 0 bridgehead atoms. The highest BCUT2D eigenvalue weighted by Gasteiger charge is 2.51. The van der Waals surface area contributed by atoms with Gasteiger partial charge in [-0.2, -0.15) is 0 Å². The minimum Gasteiger partial charge on any atom is -0.454 e. The molecule has 0 saturated heterocycles. The molecule has 2 nitrogen and oxygen atoms in total. The van der Waals surface area contributed by atoms with E-state index in [1.807, 2.05) is 0 Å². The highest BCUT2D eigenvalue weighted by atomic mass is 16.3. The van der Waals surface area contributed by atoms with Crippen molar-refractivity contribution in [1.82, 2.24) is 0 Å². The molecule has 3 aliphatic rings. The van der Waals surface area contributed by atoms with Gasteiger partial charge in [0.2, 0.25) is 0 Å². The summed E-state index contributed by atoms with van der Waals surface area (Å²) in [7, 11) is 0. The first kappa shape index (κ1) is 38.3. The third-order valence-electron chi connectivity index (χ3n) is 16.6. The van der Waals surface area contributed by atoms with Crippen molar-refractivity contribution >= 4 is 71.3 Å². The molecule has 1 spiro atoms. The fraction of sp³-hybridized carbons (Fsp3) is 0.0588. The van der Waals surface area contributed by atoms with Gasteiger partial charge in [0.1, 0.15) is 5.58 Å². The third kappa shape index (κ3) is 4.73. The monoisotopic (exact) mass is 889 g/mol. The lowest BCUT2D eigenvalue weighted by Crippen LogP contribution is -2.29. The fourth-order valence-electron chi connectivity index (χ4n) is 13.7. The summed E-state index contributed by atoms with van der Waals surface area (Å²) in [6, 6.07) is 84.7. The van der Waals surface area contributed by atoms with Crippen LogP contribution < -0.4 is 4.90 Å². The number of furan rings is 1. The van der Waals surface area contributed by atoms with Gasteiger partial charge in [-0.1, -0.05) is 196 Å². The van der Waals surface area contributed by atoms with E-state index in [2.05, 4.69) is 243 Å². The molecule has 2 heteroatoms. The zero-order chi connectivity index (χ0) is 46.0. The van der Waals surface area contributed by atoms with Crippen LogP contribution in [0.25, 0.3) is 98.8 Å². The number of hydrogen-bond donors (Lipinski definition) is 0. The van der Waals surface area contributed by atoms with E-state index in [-0.39, 0.29) is 5.41 Å². The summed E-state index contributed by atoms with van der Waals surface area (Å²) in [5.41, 5.74) is 22.1. The van der Waals surface area contributed by atoms with Gasteiger partial charge in [0, 0.05) is 27.6 Å². The summed E-state index contributed by atoms with van der Waals surface area (Å²) < 4.78 is 6.96. The molecule has 12 aromatic carbocycles. The Kier molecular flexibility index (Phi) is 7.38. The Balaban J connectivity index is 1.05. The molecule has 1 atom stereocenters. The first-order valence-electron chi connectivity index (χ1n) is 24.6. The summed E-state index contributed by atoms with van der Waals surface area (Å²) >= 11 is 0. The molecule has 1 aromatic heterocycles. The molecule has 16 rings (SSSR count). The standard InChI is InChI=1S/C68H43NO/c1-67(2)55-24-9-5-20-48(55)50-36-33-43(38-58(50)67)69(61-27-14-23-52-51-21-8-12-28-62(51)70-66(52)61)44-32-35-49-46-18-4-3-17-45(46)47-19-6-10-25-56(47)68(59(49)39-44)57-26-11-7-22-53(57)65-54-34-31-41-16-13-15-40-29-30-42(37-60(65)68)64(54)63(40)41/h3-39H,1-2H3. The quantitative estimate of drug-likeness (QED) is 0.164. The molecular formula is C68H43NO. The van der Waals surface area contributed by atoms with Crippen LogP contribution in [0.1, 0.15) is 47.2 Å². The second-order valence-corrected chi connectivity index (χ2v) is 20.3. The van der Waals surface area contributed by atoms with Crippen LogP contribution in [-0.4, -0.2) is 0 Å². The smallest absolute Gasteiger partial charge is 0.159 e. The lowest BCUT2D eigenvalue weighted by Gasteiger charge is -2.37. The maximum absolute atomic E-state index is 6.96. The van der Waals surface area contributed by atoms with Crippen LogP contribution in [0.4, 0.5) is 17.1 Å². The molecule has 0 aliphatic heterocycles. The molecule has 1 unspecified atom stereocenters. The lowest BCUT2D eigenvalue weighted by molar-refractivity contribution is 0.660. The van der Waals surface area contributed by atoms with E-state index < -0.39 is 5.41 Å². The summed E-state index contributed by atoms with van der Waals surface area (Å²) in [6.07, 6.45) is 0. The molecule has 0 amide bonds. The SMILES string of the molecule is CC1(C)c2ccccc2-c2ccc(N(c3ccc4c(c3)C3(c5ccccc5-c5ccccc5-4)c4ccccc4-c4c3cc3ccc5cccc6ccc4c3c56)c3cccc4c3oc3ccccc34)cc21. The Morgan fingerprint density at radius 2 is 0.886 bits per heavy atom. The number of fused-ring (bicyclic) bond motifs is 19. The number of anilines is 3. The first-order chi connectivity index (χ1) is 34.5. The second-order valence-electron chi connectivity index (χ2n) is 20.3. The van der Waals surface area contributed by atoms with E-state index in [0.717, 1.165) is 39.0 Å². The first-order valence-corrected chi connectivity index (χ1v) is 24.6. The molecule has 13 aromatic rings. The highest BCUT2D eigenvalue weighted by Crippen LogP contribution is 2.64. The van der Waals surface area contributed by atoms with Crippen molar-refractivity contribution in [3.63, 3.8) is 0 Å². The Labute approximate surface area is 405 Å². The van der Waals surface area contributed by atoms with Crippen LogP contribution in [0.3, 0.4) is 0 Å². The van der Waals surface area contributed by atoms with Gasteiger partial charge in [-0.15, -0.1) is 0 Å². The van der Waals surface area contributed by atoms with Crippen LogP contribution in [0, 0.1) is 0 Å². The van der Waals surface area contributed by atoms with E-state index in [4.69, 9.17) is 4.42 Å². The second kappa shape index (κ2) is 13.5. The molecule has 0 fully saturated rings. The third-order valence-corrected chi connectivity index (χ3v) is 16.6. The van der Waals surface area contributed by atoms with Gasteiger partial charge in [0.25, 0.3) is 0 Å². The number of para-hydroxylation sites is 2. The molecule has 326 valence electrons. The van der Waals surface area contributed by atoms with Crippen molar-refractivity contribution < 1.29 is 4.42 Å². The van der Waals surface area contributed by atoms with Crippen molar-refractivity contribution in [2.45, 2.75) is 24.7 Å². The number of nitrogens with zero attached hydrogens (tertiary/aromatic N) is 1. The predicted molar refractivity (Wildman–Crippen MR) is 291 cm³/mol. The molecule has 3 aliphatic carbocycles. The summed E-state index contributed by atoms with van der Waals surface area (Å²) in [6.45, 7) is 4.75. The topological polar surface area (TPSA) is 16.4 Å². The van der Waals surface area contributed by atoms with Gasteiger partial charge in [0.15, 0.2) is 5.58 Å². The maximum Gasteiger partial charge on any atom is 0.159 e. The Bertz CT molecular complexity index is 4400. The van der Waals surface area contributed by atoms with Crippen molar-refractivity contribution in [2.75, 3.05) is 4.90 Å². The van der Waals surface area contributed by atoms with Crippen LogP contribution in [0.5, 0.6) is 0 Å². The average molecular weight is 890 g/mol. The lowest BCUT2D eigenvalue weighted by atomic mass is 9.65. The van der Waals surface area contributed by atoms with E-state index in [1.165, 1.54) is 110 Å². The van der Waals surface area contributed by atoms with Crippen LogP contribution >= 0.6 is 0 Å². The van der Waals surface area contributed by atoms with Crippen molar-refractivity contribution in [3.05, 3.63) is 258 Å². The van der Waals surface area contributed by atoms with Gasteiger partial charge in [0.05, 0.1) is 11.1 Å². The van der Waals surface area contributed by atoms with Gasteiger partial charge in [-0.05, 0) is 153 Å². The molecule has 0 radical (unpaired) electrons. The van der Waals surface area contributed by atoms with E-state index in [1.54, 1.807) is 0 Å². The predicted octanol–water partition coefficient (Wildman–Crippen LogP) is 18.3. The zero-order valence-electron chi connectivity index (χ0n) is 38.7. The zero-order valence-corrected chi connectivity index (χ0v) is 38.7. The maximum atomic E-state index is 6.96. The minimum absolute atomic E-state index is 0.189. The van der Waals surface area contributed by atoms with Crippen LogP contribution in [0.2, 0.25) is 0 Å². The fourth-order valence-corrected chi connectivity index (χ4v) is 13.7. The molecule has 70 heavy (non-hydrogen) atoms. The number of benzene rings is 12. The molecular weight excluding hydrogens is 847 g/mol. The summed E-state index contributed by atoms with van der Waals surface area (Å²) in [5.74, 6) is 0. The number of hydrogen-bond acceptors (Lipinski definition) is 2. The van der Waals surface area contributed by atoms with Gasteiger partial charge >= 0.3 is 0 Å². The van der Waals surface area contributed by atoms with Crippen LogP contribution in [-0.2, 0) is 10.8 Å². The van der Waals surface area contributed by atoms with Gasteiger partial charge in [-0.25, -0.2) is 0 Å². The van der Waals surface area contributed by atoms with E-state index >= 15 is 0 Å². The molecule has 0 N–H and O–H groups in total. The summed E-state index contributed by atoms with van der Waals surface area (Å²) in [4.78, 5) is 2.48. The largest absolute Gasteiger partial charge is 0.454 e. The molecule has 1 heterocycles. The normalized spacial score (nSPS) is 15.7. The minimum atomic E-state index is -0.698. The van der Waals surface area contributed by atoms with Gasteiger partial charge < -0.3 is 9.32 Å². The van der Waals surface area contributed by atoms with Crippen molar-refractivity contribution in [2.24, 2.45) is 0 Å². The summed E-state index contributed by atoms with van der Waals surface area (Å²) in [5, 5.41) is 10.0. The molecule has 0 saturated carbocycles. The van der Waals surface area contributed by atoms with Crippen molar-refractivity contribution in [3.8, 4) is 44.5 Å². The van der Waals surface area contributed by atoms with E-state index in [0.29, 0.717) is 0 Å². The number of rotatable bonds is 3. The van der Waals surface area contributed by atoms with Crippen LogP contribution in [0.15, 0.2) is 229 Å².